The first kappa shape index (κ1) is 17.1. The number of piperazine rings is 1. The Bertz CT molecular complexity index is 851. The summed E-state index contributed by atoms with van der Waals surface area (Å²) in [6, 6.07) is 8.63. The summed E-state index contributed by atoms with van der Waals surface area (Å²) in [5, 5.41) is 13.7. The summed E-state index contributed by atoms with van der Waals surface area (Å²) in [6.45, 7) is 5.18. The molecule has 3 rings (SSSR count). The van der Waals surface area contributed by atoms with E-state index in [1.165, 1.54) is 6.21 Å². The first-order chi connectivity index (χ1) is 12.2. The first-order valence-corrected chi connectivity index (χ1v) is 8.23. The van der Waals surface area contributed by atoms with E-state index in [4.69, 9.17) is 0 Å². The minimum Gasteiger partial charge on any atom is -0.493 e. The van der Waals surface area contributed by atoms with Crippen molar-refractivity contribution in [3.63, 3.8) is 0 Å². The number of rotatable bonds is 5. The summed E-state index contributed by atoms with van der Waals surface area (Å²) in [5.74, 6) is -0.411. The molecule has 0 atom stereocenters. The number of hydrogen-bond acceptors (Lipinski definition) is 6. The predicted octanol–water partition coefficient (Wildman–Crippen LogP) is -0.444. The van der Waals surface area contributed by atoms with Gasteiger partial charge in [0.25, 0.3) is 5.56 Å². The summed E-state index contributed by atoms with van der Waals surface area (Å²) < 4.78 is 1.05. The van der Waals surface area contributed by atoms with Crippen LogP contribution in [0.5, 0.6) is 5.88 Å². The highest BCUT2D eigenvalue weighted by Crippen LogP contribution is 2.14. The number of para-hydroxylation sites is 1. The maximum absolute atomic E-state index is 12.0. The van der Waals surface area contributed by atoms with Crippen molar-refractivity contribution in [2.75, 3.05) is 39.3 Å². The lowest BCUT2D eigenvalue weighted by atomic mass is 10.3. The van der Waals surface area contributed by atoms with Crippen LogP contribution in [-0.4, -0.2) is 65.0 Å². The summed E-state index contributed by atoms with van der Waals surface area (Å²) in [7, 11) is 0. The quantitative estimate of drug-likeness (QED) is 0.639. The number of aromatic nitrogens is 2. The van der Waals surface area contributed by atoms with Gasteiger partial charge in [0.1, 0.15) is 5.56 Å². The largest absolute Gasteiger partial charge is 0.493 e. The third kappa shape index (κ3) is 4.04. The van der Waals surface area contributed by atoms with Crippen LogP contribution in [0.15, 0.2) is 44.9 Å². The van der Waals surface area contributed by atoms with Crippen LogP contribution >= 0.6 is 0 Å². The van der Waals surface area contributed by atoms with Crippen LogP contribution < -0.4 is 16.6 Å². The maximum atomic E-state index is 12.0. The second-order valence-corrected chi connectivity index (χ2v) is 5.79. The molecule has 1 aliphatic heterocycles. The van der Waals surface area contributed by atoms with Crippen molar-refractivity contribution in [2.45, 2.75) is 0 Å². The Morgan fingerprint density at radius 1 is 1.16 bits per heavy atom. The molecule has 25 heavy (non-hydrogen) atoms. The standard InChI is InChI=1S/C17H21N5O3/c23-15-14(12-19-8-11-21-9-6-18-7-10-21)16(24)22(17(25)20-15)13-4-2-1-3-5-13/h1-5,12,18,24H,6-11H2,(H,20,23,25). The van der Waals surface area contributed by atoms with Gasteiger partial charge in [-0.1, -0.05) is 18.2 Å². The SMILES string of the molecule is O=c1[nH]c(=O)n(-c2ccccc2)c(O)c1C=NCCN1CCNCC1. The van der Waals surface area contributed by atoms with Crippen molar-refractivity contribution in [3.05, 3.63) is 56.7 Å². The fraction of sp³-hybridized carbons (Fsp3) is 0.353. The summed E-state index contributed by atoms with van der Waals surface area (Å²) in [4.78, 5) is 32.8. The van der Waals surface area contributed by atoms with Gasteiger partial charge in [-0.3, -0.25) is 19.7 Å². The van der Waals surface area contributed by atoms with Crippen LogP contribution in [0.3, 0.4) is 0 Å². The molecule has 0 radical (unpaired) electrons. The fourth-order valence-electron chi connectivity index (χ4n) is 2.76. The number of aromatic amines is 1. The Hall–Kier alpha value is -2.71. The Morgan fingerprint density at radius 2 is 1.88 bits per heavy atom. The lowest BCUT2D eigenvalue weighted by Crippen LogP contribution is -2.44. The molecule has 0 unspecified atom stereocenters. The van der Waals surface area contributed by atoms with E-state index in [-0.39, 0.29) is 5.56 Å². The molecule has 0 bridgehead atoms. The van der Waals surface area contributed by atoms with Gasteiger partial charge in [-0.25, -0.2) is 9.36 Å². The van der Waals surface area contributed by atoms with E-state index in [2.05, 4.69) is 20.2 Å². The van der Waals surface area contributed by atoms with Gasteiger partial charge in [-0.15, -0.1) is 0 Å². The molecule has 1 aromatic heterocycles. The number of nitrogens with one attached hydrogen (secondary N) is 2. The minimum atomic E-state index is -0.688. The third-order valence-corrected chi connectivity index (χ3v) is 4.11. The molecule has 8 heteroatoms. The van der Waals surface area contributed by atoms with Crippen LogP contribution in [0, 0.1) is 0 Å². The monoisotopic (exact) mass is 343 g/mol. The van der Waals surface area contributed by atoms with E-state index in [0.717, 1.165) is 37.3 Å². The van der Waals surface area contributed by atoms with Crippen molar-refractivity contribution in [3.8, 4) is 11.6 Å². The van der Waals surface area contributed by atoms with E-state index in [0.29, 0.717) is 12.2 Å². The van der Waals surface area contributed by atoms with E-state index < -0.39 is 17.1 Å². The summed E-state index contributed by atoms with van der Waals surface area (Å²) in [5.41, 5.74) is -0.896. The zero-order valence-corrected chi connectivity index (χ0v) is 13.8. The number of nitrogens with zero attached hydrogens (tertiary/aromatic N) is 3. The molecule has 8 nitrogen and oxygen atoms in total. The van der Waals surface area contributed by atoms with Crippen molar-refractivity contribution < 1.29 is 5.11 Å². The van der Waals surface area contributed by atoms with Gasteiger partial charge < -0.3 is 10.4 Å². The van der Waals surface area contributed by atoms with Gasteiger partial charge in [-0.2, -0.15) is 0 Å². The van der Waals surface area contributed by atoms with Crippen LogP contribution in [0.2, 0.25) is 0 Å². The van der Waals surface area contributed by atoms with Crippen LogP contribution in [-0.2, 0) is 0 Å². The molecule has 2 heterocycles. The number of hydrogen-bond donors (Lipinski definition) is 3. The molecule has 2 aromatic rings. The van der Waals surface area contributed by atoms with E-state index in [1.54, 1.807) is 30.3 Å². The number of benzene rings is 1. The summed E-state index contributed by atoms with van der Waals surface area (Å²) in [6.07, 6.45) is 1.33. The molecule has 1 fully saturated rings. The molecule has 0 saturated carbocycles. The highest BCUT2D eigenvalue weighted by molar-refractivity contribution is 5.82. The third-order valence-electron chi connectivity index (χ3n) is 4.11. The number of aliphatic imine (C=N–C) groups is 1. The van der Waals surface area contributed by atoms with Crippen molar-refractivity contribution >= 4 is 6.21 Å². The molecule has 132 valence electrons. The molecule has 0 amide bonds. The molecular formula is C17H21N5O3. The number of aromatic hydroxyl groups is 1. The van der Waals surface area contributed by atoms with Crippen molar-refractivity contribution in [2.24, 2.45) is 4.99 Å². The van der Waals surface area contributed by atoms with E-state index in [1.807, 2.05) is 0 Å². The average molecular weight is 343 g/mol. The van der Waals surface area contributed by atoms with Gasteiger partial charge in [0, 0.05) is 38.9 Å². The molecule has 0 spiro atoms. The smallest absolute Gasteiger partial charge is 0.335 e. The second kappa shape index (κ2) is 7.91. The zero-order valence-electron chi connectivity index (χ0n) is 13.8. The lowest BCUT2D eigenvalue weighted by Gasteiger charge is -2.26. The molecule has 0 aliphatic carbocycles. The molecular weight excluding hydrogens is 322 g/mol. The molecule has 1 aromatic carbocycles. The van der Waals surface area contributed by atoms with Crippen LogP contribution in [0.1, 0.15) is 5.56 Å². The molecule has 1 aliphatic rings. The average Bonchev–Trinajstić information content (AvgIpc) is 2.62. The highest BCUT2D eigenvalue weighted by Gasteiger charge is 2.14. The topological polar surface area (TPSA) is 103 Å². The van der Waals surface area contributed by atoms with Crippen molar-refractivity contribution in [1.29, 1.82) is 0 Å². The van der Waals surface area contributed by atoms with E-state index in [9.17, 15) is 14.7 Å². The van der Waals surface area contributed by atoms with Crippen molar-refractivity contribution in [1.82, 2.24) is 19.8 Å². The Labute approximate surface area is 144 Å². The van der Waals surface area contributed by atoms with Gasteiger partial charge in [0.2, 0.25) is 5.88 Å². The van der Waals surface area contributed by atoms with E-state index >= 15 is 0 Å². The Morgan fingerprint density at radius 3 is 2.60 bits per heavy atom. The van der Waals surface area contributed by atoms with Gasteiger partial charge in [-0.05, 0) is 12.1 Å². The Kier molecular flexibility index (Phi) is 5.42. The van der Waals surface area contributed by atoms with Gasteiger partial charge in [0.15, 0.2) is 0 Å². The number of H-pyrrole nitrogens is 1. The predicted molar refractivity (Wildman–Crippen MR) is 96.1 cm³/mol. The van der Waals surface area contributed by atoms with Gasteiger partial charge >= 0.3 is 5.69 Å². The Balaban J connectivity index is 1.80. The lowest BCUT2D eigenvalue weighted by molar-refractivity contribution is 0.248. The fourth-order valence-corrected chi connectivity index (χ4v) is 2.76. The molecule has 1 saturated heterocycles. The summed E-state index contributed by atoms with van der Waals surface area (Å²) >= 11 is 0. The normalized spacial score (nSPS) is 15.7. The minimum absolute atomic E-state index is 0.0243. The first-order valence-electron chi connectivity index (χ1n) is 8.23. The van der Waals surface area contributed by atoms with Gasteiger partial charge in [0.05, 0.1) is 12.2 Å². The maximum Gasteiger partial charge on any atom is 0.335 e. The van der Waals surface area contributed by atoms with Crippen LogP contribution in [0.4, 0.5) is 0 Å². The molecule has 3 N–H and O–H groups in total. The highest BCUT2D eigenvalue weighted by atomic mass is 16.3. The second-order valence-electron chi connectivity index (χ2n) is 5.79. The van der Waals surface area contributed by atoms with Crippen LogP contribution in [0.25, 0.3) is 5.69 Å². The zero-order chi connectivity index (χ0) is 17.6.